The fourth-order valence-electron chi connectivity index (χ4n) is 4.79. The predicted octanol–water partition coefficient (Wildman–Crippen LogP) is 2.65. The second-order valence-corrected chi connectivity index (χ2v) is 8.03. The van der Waals surface area contributed by atoms with Crippen LogP contribution in [0.5, 0.6) is 0 Å². The van der Waals surface area contributed by atoms with Crippen LogP contribution in [-0.2, 0) is 12.8 Å². The maximum absolute atomic E-state index is 12.3. The zero-order valence-corrected chi connectivity index (χ0v) is 16.9. The number of benzene rings is 1. The van der Waals surface area contributed by atoms with Crippen molar-refractivity contribution in [2.75, 3.05) is 45.2 Å². The van der Waals surface area contributed by atoms with Crippen molar-refractivity contribution in [1.82, 2.24) is 19.2 Å². The van der Waals surface area contributed by atoms with E-state index in [4.69, 9.17) is 4.98 Å². The molecule has 0 spiro atoms. The van der Waals surface area contributed by atoms with Crippen molar-refractivity contribution in [2.24, 2.45) is 0 Å². The number of aromatic nitrogens is 2. The number of nitriles is 1. The second kappa shape index (κ2) is 6.66. The first-order valence-corrected chi connectivity index (χ1v) is 10.2. The van der Waals surface area contributed by atoms with Gasteiger partial charge in [0.1, 0.15) is 11.9 Å². The van der Waals surface area contributed by atoms with Crippen molar-refractivity contribution in [3.63, 3.8) is 0 Å². The highest BCUT2D eigenvalue weighted by Gasteiger charge is 2.30. The van der Waals surface area contributed by atoms with Gasteiger partial charge in [-0.05, 0) is 42.5 Å². The number of imidazole rings is 1. The SMILES string of the molecule is CN(C)C(=O)N1CCN(c2c3c(c(C#N)c4nc5ccccc5n24)CCC3)CC1. The molecule has 2 aliphatic rings. The van der Waals surface area contributed by atoms with E-state index < -0.39 is 0 Å². The first kappa shape index (κ1) is 17.8. The number of pyridine rings is 1. The molecule has 2 aromatic heterocycles. The largest absolute Gasteiger partial charge is 0.354 e. The van der Waals surface area contributed by atoms with Gasteiger partial charge in [-0.15, -0.1) is 0 Å². The number of anilines is 1. The first-order valence-electron chi connectivity index (χ1n) is 10.2. The van der Waals surface area contributed by atoms with E-state index in [9.17, 15) is 10.1 Å². The van der Waals surface area contributed by atoms with Gasteiger partial charge < -0.3 is 14.7 Å². The molecule has 0 saturated carbocycles. The van der Waals surface area contributed by atoms with E-state index in [1.54, 1.807) is 19.0 Å². The monoisotopic (exact) mass is 388 g/mol. The third kappa shape index (κ3) is 2.63. The number of piperazine rings is 1. The van der Waals surface area contributed by atoms with Crippen LogP contribution in [0.4, 0.5) is 10.6 Å². The Bertz CT molecular complexity index is 1160. The number of hydrogen-bond donors (Lipinski definition) is 0. The lowest BCUT2D eigenvalue weighted by atomic mass is 10.0. The van der Waals surface area contributed by atoms with Crippen molar-refractivity contribution in [3.05, 3.63) is 41.0 Å². The molecule has 2 amide bonds. The van der Waals surface area contributed by atoms with Gasteiger partial charge in [-0.1, -0.05) is 12.1 Å². The van der Waals surface area contributed by atoms with Crippen LogP contribution >= 0.6 is 0 Å². The quantitative estimate of drug-likeness (QED) is 0.643. The van der Waals surface area contributed by atoms with Crippen LogP contribution in [0.2, 0.25) is 0 Å². The topological polar surface area (TPSA) is 67.9 Å². The molecule has 0 unspecified atom stereocenters. The van der Waals surface area contributed by atoms with Gasteiger partial charge in [-0.3, -0.25) is 4.40 Å². The normalized spacial score (nSPS) is 16.3. The van der Waals surface area contributed by atoms with Crippen LogP contribution < -0.4 is 4.90 Å². The summed E-state index contributed by atoms with van der Waals surface area (Å²) in [7, 11) is 3.59. The zero-order valence-electron chi connectivity index (χ0n) is 16.9. The average Bonchev–Trinajstić information content (AvgIpc) is 3.36. The maximum atomic E-state index is 12.3. The number of rotatable bonds is 1. The van der Waals surface area contributed by atoms with E-state index in [1.165, 1.54) is 5.56 Å². The molecule has 1 aliphatic carbocycles. The van der Waals surface area contributed by atoms with Crippen LogP contribution in [0.15, 0.2) is 24.3 Å². The van der Waals surface area contributed by atoms with Gasteiger partial charge in [-0.2, -0.15) is 5.26 Å². The minimum atomic E-state index is 0.0629. The Morgan fingerprint density at radius 1 is 1.10 bits per heavy atom. The summed E-state index contributed by atoms with van der Waals surface area (Å²) >= 11 is 0. The van der Waals surface area contributed by atoms with Gasteiger partial charge in [-0.25, -0.2) is 9.78 Å². The Balaban J connectivity index is 1.67. The summed E-state index contributed by atoms with van der Waals surface area (Å²) in [6.45, 7) is 2.94. The number of para-hydroxylation sites is 2. The van der Waals surface area contributed by atoms with Crippen molar-refractivity contribution in [3.8, 4) is 6.07 Å². The van der Waals surface area contributed by atoms with Crippen molar-refractivity contribution >= 4 is 28.5 Å². The summed E-state index contributed by atoms with van der Waals surface area (Å²) in [5.74, 6) is 1.16. The van der Waals surface area contributed by atoms with Gasteiger partial charge in [0.15, 0.2) is 5.65 Å². The number of carbonyl (C=O) groups is 1. The Hall–Kier alpha value is -3.27. The molecule has 5 rings (SSSR count). The lowest BCUT2D eigenvalue weighted by molar-refractivity contribution is 0.168. The highest BCUT2D eigenvalue weighted by molar-refractivity contribution is 5.86. The fraction of sp³-hybridized carbons (Fsp3) is 0.409. The van der Waals surface area contributed by atoms with E-state index in [0.29, 0.717) is 13.1 Å². The number of urea groups is 1. The lowest BCUT2D eigenvalue weighted by Gasteiger charge is -2.38. The fourth-order valence-corrected chi connectivity index (χ4v) is 4.79. The van der Waals surface area contributed by atoms with Gasteiger partial charge in [0.25, 0.3) is 0 Å². The summed E-state index contributed by atoms with van der Waals surface area (Å²) in [6.07, 6.45) is 2.99. The van der Waals surface area contributed by atoms with Crippen LogP contribution in [0.3, 0.4) is 0 Å². The van der Waals surface area contributed by atoms with E-state index in [-0.39, 0.29) is 6.03 Å². The molecule has 1 aliphatic heterocycles. The smallest absolute Gasteiger partial charge is 0.319 e. The van der Waals surface area contributed by atoms with Gasteiger partial charge >= 0.3 is 6.03 Å². The highest BCUT2D eigenvalue weighted by atomic mass is 16.2. The summed E-state index contributed by atoms with van der Waals surface area (Å²) < 4.78 is 2.18. The number of nitrogens with zero attached hydrogens (tertiary/aromatic N) is 6. The summed E-state index contributed by atoms with van der Waals surface area (Å²) in [6, 6.07) is 10.6. The third-order valence-electron chi connectivity index (χ3n) is 6.13. The van der Waals surface area contributed by atoms with E-state index in [2.05, 4.69) is 21.4 Å². The Labute approximate surface area is 169 Å². The molecule has 0 N–H and O–H groups in total. The van der Waals surface area contributed by atoms with Crippen molar-refractivity contribution < 1.29 is 4.79 Å². The molecule has 3 aromatic rings. The van der Waals surface area contributed by atoms with Crippen LogP contribution in [0.25, 0.3) is 16.7 Å². The predicted molar refractivity (Wildman–Crippen MR) is 112 cm³/mol. The Morgan fingerprint density at radius 2 is 1.83 bits per heavy atom. The number of carbonyl (C=O) groups excluding carboxylic acids is 1. The second-order valence-electron chi connectivity index (χ2n) is 8.03. The van der Waals surface area contributed by atoms with E-state index in [1.807, 2.05) is 23.1 Å². The molecule has 0 bridgehead atoms. The van der Waals surface area contributed by atoms with Gasteiger partial charge in [0.05, 0.1) is 16.6 Å². The van der Waals surface area contributed by atoms with Gasteiger partial charge in [0.2, 0.25) is 0 Å². The molecule has 3 heterocycles. The van der Waals surface area contributed by atoms with E-state index in [0.717, 1.165) is 66.0 Å². The van der Waals surface area contributed by atoms with E-state index >= 15 is 0 Å². The molecule has 1 saturated heterocycles. The molecule has 7 nitrogen and oxygen atoms in total. The van der Waals surface area contributed by atoms with Crippen LogP contribution in [0.1, 0.15) is 23.1 Å². The van der Waals surface area contributed by atoms with Gasteiger partial charge in [0, 0.05) is 40.3 Å². The Morgan fingerprint density at radius 3 is 2.55 bits per heavy atom. The minimum absolute atomic E-state index is 0.0629. The molecule has 1 aromatic carbocycles. The number of amides is 2. The molecular weight excluding hydrogens is 364 g/mol. The summed E-state index contributed by atoms with van der Waals surface area (Å²) in [5.41, 5.74) is 5.88. The number of hydrogen-bond acceptors (Lipinski definition) is 4. The zero-order chi connectivity index (χ0) is 20.1. The highest BCUT2D eigenvalue weighted by Crippen LogP contribution is 2.38. The molecule has 148 valence electrons. The first-order chi connectivity index (χ1) is 14.1. The maximum Gasteiger partial charge on any atom is 0.319 e. The third-order valence-corrected chi connectivity index (χ3v) is 6.13. The van der Waals surface area contributed by atoms with Crippen LogP contribution in [-0.4, -0.2) is 65.5 Å². The molecule has 0 atom stereocenters. The lowest BCUT2D eigenvalue weighted by Crippen LogP contribution is -2.52. The molecule has 1 fully saturated rings. The standard InChI is InChI=1S/C22H24N6O/c1-25(2)22(29)27-12-10-26(11-13-27)21-16-7-5-6-15(16)17(14-23)20-24-18-8-3-4-9-19(18)28(20)21/h3-4,8-9H,5-7,10-13H2,1-2H3. The average molecular weight is 388 g/mol. The summed E-state index contributed by atoms with van der Waals surface area (Å²) in [4.78, 5) is 23.1. The van der Waals surface area contributed by atoms with Crippen molar-refractivity contribution in [1.29, 1.82) is 5.26 Å². The molecular formula is C22H24N6O. The molecule has 7 heteroatoms. The number of fused-ring (bicyclic) bond motifs is 4. The molecule has 29 heavy (non-hydrogen) atoms. The molecule has 0 radical (unpaired) electrons. The van der Waals surface area contributed by atoms with Crippen molar-refractivity contribution in [2.45, 2.75) is 19.3 Å². The minimum Gasteiger partial charge on any atom is -0.354 e. The summed E-state index contributed by atoms with van der Waals surface area (Å²) in [5, 5.41) is 9.91. The Kier molecular flexibility index (Phi) is 4.09. The van der Waals surface area contributed by atoms with Crippen LogP contribution in [0, 0.1) is 11.3 Å².